The molecule has 0 radical (unpaired) electrons. The van der Waals surface area contributed by atoms with Crippen LogP contribution in [0.2, 0.25) is 0 Å². The van der Waals surface area contributed by atoms with Gasteiger partial charge in [-0.25, -0.2) is 0 Å². The lowest BCUT2D eigenvalue weighted by Gasteiger charge is -2.02. The third kappa shape index (κ3) is 1.80. The van der Waals surface area contributed by atoms with Gasteiger partial charge in [0, 0.05) is 17.1 Å². The van der Waals surface area contributed by atoms with Crippen LogP contribution in [0.25, 0.3) is 5.65 Å². The van der Waals surface area contributed by atoms with Crippen molar-refractivity contribution >= 4 is 21.6 Å². The molecular formula is C10H12BrN3. The van der Waals surface area contributed by atoms with E-state index in [-0.39, 0.29) is 0 Å². The minimum atomic E-state index is 0.599. The van der Waals surface area contributed by atoms with Gasteiger partial charge in [0.05, 0.1) is 0 Å². The average Bonchev–Trinajstić information content (AvgIpc) is 2.47. The molecule has 0 aliphatic heterocycles. The van der Waals surface area contributed by atoms with Crippen molar-refractivity contribution < 1.29 is 0 Å². The first-order valence-electron chi connectivity index (χ1n) is 4.66. The molecule has 2 rings (SSSR count). The number of hydrogen-bond acceptors (Lipinski definition) is 2. The van der Waals surface area contributed by atoms with E-state index >= 15 is 0 Å². The Morgan fingerprint density at radius 2 is 2.14 bits per heavy atom. The van der Waals surface area contributed by atoms with E-state index in [1.165, 1.54) is 0 Å². The van der Waals surface area contributed by atoms with Gasteiger partial charge in [0.2, 0.25) is 0 Å². The maximum Gasteiger partial charge on any atom is 0.160 e. The number of aromatic nitrogens is 3. The smallest absolute Gasteiger partial charge is 0.160 e. The molecule has 2 heterocycles. The topological polar surface area (TPSA) is 30.2 Å². The highest BCUT2D eigenvalue weighted by Gasteiger charge is 2.06. The molecule has 0 amide bonds. The van der Waals surface area contributed by atoms with E-state index in [2.05, 4.69) is 40.0 Å². The van der Waals surface area contributed by atoms with Crippen LogP contribution >= 0.6 is 15.9 Å². The third-order valence-corrected chi connectivity index (χ3v) is 2.50. The molecule has 0 aliphatic rings. The summed E-state index contributed by atoms with van der Waals surface area (Å²) in [6.07, 6.45) is 2.96. The predicted molar refractivity (Wildman–Crippen MR) is 59.2 cm³/mol. The van der Waals surface area contributed by atoms with Gasteiger partial charge >= 0.3 is 0 Å². The lowest BCUT2D eigenvalue weighted by atomic mass is 10.1. The van der Waals surface area contributed by atoms with E-state index in [9.17, 15) is 0 Å². The maximum absolute atomic E-state index is 4.17. The Hall–Kier alpha value is -0.900. The van der Waals surface area contributed by atoms with Gasteiger partial charge in [0.15, 0.2) is 5.65 Å². The van der Waals surface area contributed by atoms with Gasteiger partial charge in [-0.15, -0.1) is 10.2 Å². The van der Waals surface area contributed by atoms with Crippen molar-refractivity contribution in [3.63, 3.8) is 0 Å². The normalized spacial score (nSPS) is 11.4. The molecule has 14 heavy (non-hydrogen) atoms. The second-order valence-corrected chi connectivity index (χ2v) is 4.71. The van der Waals surface area contributed by atoms with Crippen molar-refractivity contribution in [2.45, 2.75) is 20.3 Å². The summed E-state index contributed by atoms with van der Waals surface area (Å²) in [4.78, 5) is 0. The van der Waals surface area contributed by atoms with Gasteiger partial charge in [-0.05, 0) is 34.0 Å². The summed E-state index contributed by atoms with van der Waals surface area (Å²) in [5, 5.41) is 8.27. The Kier molecular flexibility index (Phi) is 2.54. The van der Waals surface area contributed by atoms with Gasteiger partial charge in [0.1, 0.15) is 5.82 Å². The average molecular weight is 254 g/mol. The monoisotopic (exact) mass is 253 g/mol. The number of hydrogen-bond donors (Lipinski definition) is 0. The van der Waals surface area contributed by atoms with Crippen LogP contribution in [0.1, 0.15) is 19.7 Å². The molecule has 0 fully saturated rings. The summed E-state index contributed by atoms with van der Waals surface area (Å²) in [6, 6.07) is 3.93. The van der Waals surface area contributed by atoms with E-state index in [4.69, 9.17) is 0 Å². The first kappa shape index (κ1) is 9.65. The van der Waals surface area contributed by atoms with E-state index < -0.39 is 0 Å². The second kappa shape index (κ2) is 3.69. The summed E-state index contributed by atoms with van der Waals surface area (Å²) in [5.74, 6) is 1.62. The van der Waals surface area contributed by atoms with Crippen molar-refractivity contribution in [2.24, 2.45) is 5.92 Å². The fourth-order valence-corrected chi connectivity index (χ4v) is 1.75. The molecular weight excluding hydrogens is 242 g/mol. The van der Waals surface area contributed by atoms with Gasteiger partial charge in [-0.2, -0.15) is 0 Å². The molecule has 2 aromatic rings. The van der Waals surface area contributed by atoms with Crippen LogP contribution in [0.5, 0.6) is 0 Å². The first-order valence-corrected chi connectivity index (χ1v) is 5.45. The number of halogens is 1. The fourth-order valence-electron chi connectivity index (χ4n) is 1.42. The van der Waals surface area contributed by atoms with Gasteiger partial charge < -0.3 is 0 Å². The van der Waals surface area contributed by atoms with Crippen molar-refractivity contribution in [2.75, 3.05) is 0 Å². The Morgan fingerprint density at radius 1 is 1.36 bits per heavy atom. The lowest BCUT2D eigenvalue weighted by molar-refractivity contribution is 0.616. The largest absolute Gasteiger partial charge is 0.285 e. The number of nitrogens with zero attached hydrogens (tertiary/aromatic N) is 3. The summed E-state index contributed by atoms with van der Waals surface area (Å²) in [7, 11) is 0. The summed E-state index contributed by atoms with van der Waals surface area (Å²) < 4.78 is 3.08. The zero-order valence-corrected chi connectivity index (χ0v) is 9.82. The zero-order chi connectivity index (χ0) is 10.1. The van der Waals surface area contributed by atoms with Crippen LogP contribution in [0.4, 0.5) is 0 Å². The third-order valence-electron chi connectivity index (χ3n) is 2.03. The standard InChI is InChI=1S/C10H12BrN3/c1-7(2)5-10-13-12-9-4-3-8(11)6-14(9)10/h3-4,6-7H,5H2,1-2H3. The first-order chi connectivity index (χ1) is 6.66. The van der Waals surface area contributed by atoms with Crippen LogP contribution < -0.4 is 0 Å². The molecule has 2 aromatic heterocycles. The Balaban J connectivity index is 2.50. The summed E-state index contributed by atoms with van der Waals surface area (Å²) in [6.45, 7) is 4.36. The van der Waals surface area contributed by atoms with Crippen LogP contribution in [-0.2, 0) is 6.42 Å². The van der Waals surface area contributed by atoms with Crippen molar-refractivity contribution in [1.82, 2.24) is 14.6 Å². The molecule has 0 N–H and O–H groups in total. The summed E-state index contributed by atoms with van der Waals surface area (Å²) in [5.41, 5.74) is 0.906. The van der Waals surface area contributed by atoms with E-state index in [1.54, 1.807) is 0 Å². The highest BCUT2D eigenvalue weighted by atomic mass is 79.9. The van der Waals surface area contributed by atoms with E-state index in [1.807, 2.05) is 22.7 Å². The van der Waals surface area contributed by atoms with Crippen LogP contribution in [0.15, 0.2) is 22.8 Å². The molecule has 0 saturated heterocycles. The van der Waals surface area contributed by atoms with Crippen LogP contribution in [-0.4, -0.2) is 14.6 Å². The molecule has 0 unspecified atom stereocenters. The molecule has 3 nitrogen and oxygen atoms in total. The minimum Gasteiger partial charge on any atom is -0.285 e. The van der Waals surface area contributed by atoms with Crippen molar-refractivity contribution in [3.05, 3.63) is 28.6 Å². The minimum absolute atomic E-state index is 0.599. The quantitative estimate of drug-likeness (QED) is 0.824. The molecule has 0 spiro atoms. The molecule has 4 heteroatoms. The molecule has 74 valence electrons. The molecule has 0 aromatic carbocycles. The van der Waals surface area contributed by atoms with Gasteiger partial charge in [0.25, 0.3) is 0 Å². The van der Waals surface area contributed by atoms with Crippen molar-refractivity contribution in [3.8, 4) is 0 Å². The zero-order valence-electron chi connectivity index (χ0n) is 8.24. The summed E-state index contributed by atoms with van der Waals surface area (Å²) >= 11 is 3.44. The number of pyridine rings is 1. The molecule has 0 aliphatic carbocycles. The highest BCUT2D eigenvalue weighted by Crippen LogP contribution is 2.13. The van der Waals surface area contributed by atoms with E-state index in [0.717, 1.165) is 22.4 Å². The Morgan fingerprint density at radius 3 is 2.86 bits per heavy atom. The Labute approximate surface area is 91.3 Å². The highest BCUT2D eigenvalue weighted by molar-refractivity contribution is 9.10. The molecule has 0 saturated carbocycles. The number of fused-ring (bicyclic) bond motifs is 1. The van der Waals surface area contributed by atoms with E-state index in [0.29, 0.717) is 5.92 Å². The van der Waals surface area contributed by atoms with Crippen LogP contribution in [0, 0.1) is 5.92 Å². The number of rotatable bonds is 2. The maximum atomic E-state index is 4.17. The molecule has 0 bridgehead atoms. The van der Waals surface area contributed by atoms with Crippen molar-refractivity contribution in [1.29, 1.82) is 0 Å². The molecule has 0 atom stereocenters. The second-order valence-electron chi connectivity index (χ2n) is 3.79. The van der Waals surface area contributed by atoms with Crippen LogP contribution in [0.3, 0.4) is 0 Å². The predicted octanol–water partition coefficient (Wildman–Crippen LogP) is 2.69. The van der Waals surface area contributed by atoms with Gasteiger partial charge in [-0.1, -0.05) is 13.8 Å². The SMILES string of the molecule is CC(C)Cc1nnc2ccc(Br)cn12. The Bertz CT molecular complexity index is 448. The fraction of sp³-hybridized carbons (Fsp3) is 0.400. The van der Waals surface area contributed by atoms with Gasteiger partial charge in [-0.3, -0.25) is 4.40 Å². The lowest BCUT2D eigenvalue weighted by Crippen LogP contribution is -2.00.